The molecule has 2 aromatic rings. The second-order valence-electron chi connectivity index (χ2n) is 5.12. The van der Waals surface area contributed by atoms with Crippen LogP contribution in [0.3, 0.4) is 0 Å². The van der Waals surface area contributed by atoms with Crippen LogP contribution in [-0.2, 0) is 0 Å². The average molecular weight is 353 g/mol. The van der Waals surface area contributed by atoms with Crippen LogP contribution < -0.4 is 5.32 Å². The smallest absolute Gasteiger partial charge is 0.256 e. The fraction of sp³-hybridized carbons (Fsp3) is 0.312. The van der Waals surface area contributed by atoms with Gasteiger partial charge in [0.15, 0.2) is 0 Å². The third kappa shape index (κ3) is 4.81. The molecule has 1 N–H and O–H groups in total. The summed E-state index contributed by atoms with van der Waals surface area (Å²) in [5.41, 5.74) is 1.10. The van der Waals surface area contributed by atoms with Crippen LogP contribution in [0.2, 0.25) is 10.0 Å². The van der Waals surface area contributed by atoms with Gasteiger partial charge in [0, 0.05) is 31.0 Å². The number of nitrogens with zero attached hydrogens (tertiary/aromatic N) is 3. The van der Waals surface area contributed by atoms with Crippen LogP contribution in [0.5, 0.6) is 0 Å². The molecule has 0 aliphatic carbocycles. The Morgan fingerprint density at radius 2 is 1.96 bits per heavy atom. The largest absolute Gasteiger partial charge is 0.342 e. The molecule has 0 aliphatic heterocycles. The molecule has 5 nitrogen and oxygen atoms in total. The molecule has 0 bridgehead atoms. The summed E-state index contributed by atoms with van der Waals surface area (Å²) >= 11 is 11.9. The summed E-state index contributed by atoms with van der Waals surface area (Å²) in [5.74, 6) is 0.275. The lowest BCUT2D eigenvalue weighted by Gasteiger charge is -2.16. The summed E-state index contributed by atoms with van der Waals surface area (Å²) in [6, 6.07) is 5.09. The molecule has 0 saturated heterocycles. The Kier molecular flexibility index (Phi) is 6.19. The van der Waals surface area contributed by atoms with Crippen molar-refractivity contribution >= 4 is 40.7 Å². The fourth-order valence-electron chi connectivity index (χ4n) is 1.93. The number of benzene rings is 1. The minimum atomic E-state index is -0.0884. The number of amides is 1. The third-order valence-electron chi connectivity index (χ3n) is 3.27. The molecule has 0 atom stereocenters. The van der Waals surface area contributed by atoms with Gasteiger partial charge in [-0.1, -0.05) is 36.5 Å². The Labute approximate surface area is 145 Å². The zero-order valence-corrected chi connectivity index (χ0v) is 14.5. The molecular weight excluding hydrogens is 335 g/mol. The Hall–Kier alpha value is -1.85. The van der Waals surface area contributed by atoms with Crippen LogP contribution >= 0.6 is 23.2 Å². The number of carbonyl (C=O) groups excluding carboxylic acids is 1. The van der Waals surface area contributed by atoms with Crippen LogP contribution in [0.15, 0.2) is 30.6 Å². The number of rotatable bonds is 6. The molecule has 23 heavy (non-hydrogen) atoms. The standard InChI is InChI=1S/C16H18Cl2N4O/c1-3-4-7-22(2)15(23)11-9-19-16(20-10-11)21-14-6-5-12(17)8-13(14)18/h5-6,8-10H,3-4,7H2,1-2H3,(H,19,20,21). The maximum Gasteiger partial charge on any atom is 0.256 e. The van der Waals surface area contributed by atoms with Crippen LogP contribution in [0.1, 0.15) is 30.1 Å². The van der Waals surface area contributed by atoms with E-state index >= 15 is 0 Å². The highest BCUT2D eigenvalue weighted by Gasteiger charge is 2.12. The van der Waals surface area contributed by atoms with Crippen molar-refractivity contribution in [1.82, 2.24) is 14.9 Å². The van der Waals surface area contributed by atoms with E-state index in [1.807, 2.05) is 0 Å². The monoisotopic (exact) mass is 352 g/mol. The molecule has 0 aliphatic rings. The predicted octanol–water partition coefficient (Wildman–Crippen LogP) is 4.40. The Balaban J connectivity index is 2.05. The van der Waals surface area contributed by atoms with E-state index in [1.165, 1.54) is 12.4 Å². The van der Waals surface area contributed by atoms with E-state index in [9.17, 15) is 4.79 Å². The lowest BCUT2D eigenvalue weighted by Crippen LogP contribution is -2.27. The van der Waals surface area contributed by atoms with E-state index in [2.05, 4.69) is 22.2 Å². The van der Waals surface area contributed by atoms with E-state index in [4.69, 9.17) is 23.2 Å². The number of hydrogen-bond acceptors (Lipinski definition) is 4. The Bertz CT molecular complexity index is 676. The summed E-state index contributed by atoms with van der Waals surface area (Å²) < 4.78 is 0. The zero-order chi connectivity index (χ0) is 16.8. The molecule has 0 unspecified atom stereocenters. The normalized spacial score (nSPS) is 10.4. The van der Waals surface area contributed by atoms with Gasteiger partial charge in [-0.15, -0.1) is 0 Å². The first-order valence-corrected chi connectivity index (χ1v) is 8.06. The molecule has 1 amide bonds. The first-order valence-electron chi connectivity index (χ1n) is 7.31. The highest BCUT2D eigenvalue weighted by Crippen LogP contribution is 2.27. The first-order chi connectivity index (χ1) is 11.0. The van der Waals surface area contributed by atoms with E-state index in [1.54, 1.807) is 30.1 Å². The number of nitrogens with one attached hydrogen (secondary N) is 1. The van der Waals surface area contributed by atoms with Gasteiger partial charge in [0.25, 0.3) is 5.91 Å². The quantitative estimate of drug-likeness (QED) is 0.836. The minimum Gasteiger partial charge on any atom is -0.342 e. The SMILES string of the molecule is CCCCN(C)C(=O)c1cnc(Nc2ccc(Cl)cc2Cl)nc1. The van der Waals surface area contributed by atoms with E-state index in [-0.39, 0.29) is 5.91 Å². The number of anilines is 2. The van der Waals surface area contributed by atoms with Gasteiger partial charge in [-0.05, 0) is 24.6 Å². The molecule has 0 spiro atoms. The highest BCUT2D eigenvalue weighted by atomic mass is 35.5. The number of hydrogen-bond donors (Lipinski definition) is 1. The molecule has 1 heterocycles. The average Bonchev–Trinajstić information content (AvgIpc) is 2.55. The number of aromatic nitrogens is 2. The topological polar surface area (TPSA) is 58.1 Å². The van der Waals surface area contributed by atoms with Gasteiger partial charge >= 0.3 is 0 Å². The zero-order valence-electron chi connectivity index (χ0n) is 13.0. The molecule has 0 saturated carbocycles. The van der Waals surface area contributed by atoms with Gasteiger partial charge in [0.2, 0.25) is 5.95 Å². The van der Waals surface area contributed by atoms with Crippen molar-refractivity contribution in [2.45, 2.75) is 19.8 Å². The van der Waals surface area contributed by atoms with Gasteiger partial charge in [0.05, 0.1) is 16.3 Å². The molecule has 0 fully saturated rings. The summed E-state index contributed by atoms with van der Waals surface area (Å²) in [6.45, 7) is 2.81. The second kappa shape index (κ2) is 8.13. The Morgan fingerprint density at radius 1 is 1.26 bits per heavy atom. The van der Waals surface area contributed by atoms with Gasteiger partial charge in [-0.25, -0.2) is 9.97 Å². The van der Waals surface area contributed by atoms with Crippen molar-refractivity contribution in [2.24, 2.45) is 0 Å². The maximum absolute atomic E-state index is 12.2. The minimum absolute atomic E-state index is 0.0884. The molecule has 122 valence electrons. The lowest BCUT2D eigenvalue weighted by molar-refractivity contribution is 0.0792. The van der Waals surface area contributed by atoms with Crippen molar-refractivity contribution in [3.63, 3.8) is 0 Å². The molecule has 0 radical (unpaired) electrons. The Morgan fingerprint density at radius 3 is 2.57 bits per heavy atom. The van der Waals surface area contributed by atoms with Crippen molar-refractivity contribution in [3.05, 3.63) is 46.2 Å². The molecule has 1 aromatic carbocycles. The highest BCUT2D eigenvalue weighted by molar-refractivity contribution is 6.36. The van der Waals surface area contributed by atoms with Gasteiger partial charge < -0.3 is 10.2 Å². The fourth-order valence-corrected chi connectivity index (χ4v) is 2.39. The number of halogens is 2. The van der Waals surface area contributed by atoms with Crippen LogP contribution in [-0.4, -0.2) is 34.4 Å². The molecule has 2 rings (SSSR count). The van der Waals surface area contributed by atoms with Gasteiger partial charge in [-0.2, -0.15) is 0 Å². The third-order valence-corrected chi connectivity index (χ3v) is 3.82. The van der Waals surface area contributed by atoms with Crippen molar-refractivity contribution in [2.75, 3.05) is 18.9 Å². The van der Waals surface area contributed by atoms with Gasteiger partial charge in [0.1, 0.15) is 0 Å². The summed E-state index contributed by atoms with van der Waals surface area (Å²) in [6.07, 6.45) is 5.02. The number of carbonyl (C=O) groups is 1. The van der Waals surface area contributed by atoms with Crippen molar-refractivity contribution in [3.8, 4) is 0 Å². The number of unbranched alkanes of at least 4 members (excludes halogenated alkanes) is 1. The summed E-state index contributed by atoms with van der Waals surface area (Å²) in [4.78, 5) is 22.2. The van der Waals surface area contributed by atoms with Crippen LogP contribution in [0, 0.1) is 0 Å². The summed E-state index contributed by atoms with van der Waals surface area (Å²) in [7, 11) is 1.78. The molecule has 7 heteroatoms. The van der Waals surface area contributed by atoms with E-state index in [0.717, 1.165) is 19.4 Å². The van der Waals surface area contributed by atoms with Crippen LogP contribution in [0.25, 0.3) is 0 Å². The van der Waals surface area contributed by atoms with Gasteiger partial charge in [-0.3, -0.25) is 4.79 Å². The van der Waals surface area contributed by atoms with E-state index in [0.29, 0.717) is 27.2 Å². The lowest BCUT2D eigenvalue weighted by atomic mass is 10.2. The van der Waals surface area contributed by atoms with Crippen molar-refractivity contribution in [1.29, 1.82) is 0 Å². The predicted molar refractivity (Wildman–Crippen MR) is 93.6 cm³/mol. The van der Waals surface area contributed by atoms with E-state index < -0.39 is 0 Å². The molecule has 1 aromatic heterocycles. The maximum atomic E-state index is 12.2. The first kappa shape index (κ1) is 17.5. The van der Waals surface area contributed by atoms with Crippen LogP contribution in [0.4, 0.5) is 11.6 Å². The van der Waals surface area contributed by atoms with Crippen molar-refractivity contribution < 1.29 is 4.79 Å². The second-order valence-corrected chi connectivity index (χ2v) is 5.97. The summed E-state index contributed by atoms with van der Waals surface area (Å²) in [5, 5.41) is 4.02. The molecular formula is C16H18Cl2N4O.